The van der Waals surface area contributed by atoms with E-state index < -0.39 is 0 Å². The van der Waals surface area contributed by atoms with Crippen molar-refractivity contribution in [1.29, 1.82) is 0 Å². The molecule has 0 saturated carbocycles. The van der Waals surface area contributed by atoms with Gasteiger partial charge in [0.2, 0.25) is 0 Å². The van der Waals surface area contributed by atoms with Crippen LogP contribution in [0.5, 0.6) is 0 Å². The zero-order chi connectivity index (χ0) is 13.3. The van der Waals surface area contributed by atoms with E-state index in [1.54, 1.807) is 7.11 Å². The van der Waals surface area contributed by atoms with Crippen LogP contribution in [0.3, 0.4) is 0 Å². The van der Waals surface area contributed by atoms with Gasteiger partial charge in [-0.2, -0.15) is 0 Å². The molecule has 18 heavy (non-hydrogen) atoms. The lowest BCUT2D eigenvalue weighted by atomic mass is 10.2. The average molecular weight is 287 g/mol. The Morgan fingerprint density at radius 3 is 2.72 bits per heavy atom. The van der Waals surface area contributed by atoms with Gasteiger partial charge in [0.1, 0.15) is 5.82 Å². The molecule has 0 aliphatic carbocycles. The summed E-state index contributed by atoms with van der Waals surface area (Å²) in [5.41, 5.74) is 1.90. The molecular formula is C13H16Cl2N2O. The van der Waals surface area contributed by atoms with Gasteiger partial charge >= 0.3 is 0 Å². The average Bonchev–Trinajstić information content (AvgIpc) is 2.67. The molecule has 0 saturated heterocycles. The van der Waals surface area contributed by atoms with Crippen LogP contribution in [-0.2, 0) is 4.74 Å². The molecule has 0 aliphatic rings. The molecule has 0 aliphatic heterocycles. The number of aromatic nitrogens is 2. The maximum atomic E-state index is 6.21. The summed E-state index contributed by atoms with van der Waals surface area (Å²) in [4.78, 5) is 4.57. The van der Waals surface area contributed by atoms with Crippen LogP contribution in [0.4, 0.5) is 0 Å². The van der Waals surface area contributed by atoms with E-state index in [9.17, 15) is 0 Å². The Morgan fingerprint density at radius 2 is 2.11 bits per heavy atom. The SMILES string of the molecule is COCC(C)n1c(C(C)Cl)nc2ccc(Cl)cc21. The predicted molar refractivity (Wildman–Crippen MR) is 75.6 cm³/mol. The molecule has 2 unspecified atom stereocenters. The maximum Gasteiger partial charge on any atom is 0.128 e. The third-order valence-corrected chi connectivity index (χ3v) is 3.31. The van der Waals surface area contributed by atoms with Gasteiger partial charge in [0.15, 0.2) is 0 Å². The van der Waals surface area contributed by atoms with Crippen LogP contribution in [0.25, 0.3) is 11.0 Å². The first-order valence-corrected chi connectivity index (χ1v) is 6.66. The normalized spacial score (nSPS) is 14.9. The molecule has 0 amide bonds. The van der Waals surface area contributed by atoms with Gasteiger partial charge in [-0.3, -0.25) is 0 Å². The molecule has 1 aromatic carbocycles. The number of hydrogen-bond donors (Lipinski definition) is 0. The highest BCUT2D eigenvalue weighted by molar-refractivity contribution is 6.31. The van der Waals surface area contributed by atoms with E-state index >= 15 is 0 Å². The second-order valence-electron chi connectivity index (χ2n) is 4.39. The van der Waals surface area contributed by atoms with Crippen LogP contribution in [0.15, 0.2) is 18.2 Å². The molecule has 0 fully saturated rings. The molecule has 0 N–H and O–H groups in total. The minimum atomic E-state index is -0.157. The standard InChI is InChI=1S/C13H16Cl2N2O/c1-8(7-18-3)17-12-6-10(15)4-5-11(12)16-13(17)9(2)14/h4-6,8-9H,7H2,1-3H3. The van der Waals surface area contributed by atoms with Gasteiger partial charge in [-0.05, 0) is 32.0 Å². The van der Waals surface area contributed by atoms with Crippen molar-refractivity contribution in [2.24, 2.45) is 0 Å². The maximum absolute atomic E-state index is 6.21. The zero-order valence-corrected chi connectivity index (χ0v) is 12.2. The molecule has 3 nitrogen and oxygen atoms in total. The molecule has 1 heterocycles. The number of hydrogen-bond acceptors (Lipinski definition) is 2. The van der Waals surface area contributed by atoms with Gasteiger partial charge in [-0.25, -0.2) is 4.98 Å². The van der Waals surface area contributed by atoms with E-state index in [2.05, 4.69) is 16.5 Å². The Labute approximate surface area is 117 Å². The van der Waals surface area contributed by atoms with Crippen LogP contribution in [0.1, 0.15) is 31.1 Å². The molecule has 98 valence electrons. The number of rotatable bonds is 4. The quantitative estimate of drug-likeness (QED) is 0.788. The topological polar surface area (TPSA) is 27.1 Å². The fourth-order valence-electron chi connectivity index (χ4n) is 2.14. The minimum Gasteiger partial charge on any atom is -0.383 e. The minimum absolute atomic E-state index is 0.157. The van der Waals surface area contributed by atoms with Crippen LogP contribution in [0.2, 0.25) is 5.02 Å². The number of alkyl halides is 1. The van der Waals surface area contributed by atoms with Gasteiger partial charge in [0, 0.05) is 12.1 Å². The lowest BCUT2D eigenvalue weighted by Crippen LogP contribution is -2.14. The molecule has 5 heteroatoms. The molecular weight excluding hydrogens is 271 g/mol. The molecule has 2 atom stereocenters. The Bertz CT molecular complexity index is 551. The van der Waals surface area contributed by atoms with Gasteiger partial charge in [0.25, 0.3) is 0 Å². The summed E-state index contributed by atoms with van der Waals surface area (Å²) >= 11 is 12.3. The third kappa shape index (κ3) is 2.48. The van der Waals surface area contributed by atoms with E-state index in [4.69, 9.17) is 27.9 Å². The molecule has 1 aromatic heterocycles. The van der Waals surface area contributed by atoms with Gasteiger partial charge < -0.3 is 9.30 Å². The monoisotopic (exact) mass is 286 g/mol. The van der Waals surface area contributed by atoms with Crippen molar-refractivity contribution >= 4 is 34.2 Å². The number of benzene rings is 1. The van der Waals surface area contributed by atoms with Crippen molar-refractivity contribution in [3.05, 3.63) is 29.0 Å². The summed E-state index contributed by atoms with van der Waals surface area (Å²) in [7, 11) is 1.69. The second-order valence-corrected chi connectivity index (χ2v) is 5.48. The number of fused-ring (bicyclic) bond motifs is 1. The van der Waals surface area contributed by atoms with Crippen LogP contribution < -0.4 is 0 Å². The van der Waals surface area contributed by atoms with Crippen molar-refractivity contribution in [2.75, 3.05) is 13.7 Å². The second kappa shape index (κ2) is 5.47. The molecule has 0 spiro atoms. The molecule has 0 bridgehead atoms. The van der Waals surface area contributed by atoms with Crippen LogP contribution in [-0.4, -0.2) is 23.3 Å². The van der Waals surface area contributed by atoms with Crippen LogP contribution in [0, 0.1) is 0 Å². The van der Waals surface area contributed by atoms with E-state index in [1.165, 1.54) is 0 Å². The van der Waals surface area contributed by atoms with Crippen molar-refractivity contribution in [3.63, 3.8) is 0 Å². The highest BCUT2D eigenvalue weighted by Crippen LogP contribution is 2.29. The number of ether oxygens (including phenoxy) is 1. The lowest BCUT2D eigenvalue weighted by Gasteiger charge is -2.17. The summed E-state index contributed by atoms with van der Waals surface area (Å²) in [5, 5.41) is 0.539. The Kier molecular flexibility index (Phi) is 4.15. The lowest BCUT2D eigenvalue weighted by molar-refractivity contribution is 0.162. The van der Waals surface area contributed by atoms with Crippen molar-refractivity contribution in [3.8, 4) is 0 Å². The summed E-state index contributed by atoms with van der Waals surface area (Å²) in [5.74, 6) is 0.846. The third-order valence-electron chi connectivity index (χ3n) is 2.88. The van der Waals surface area contributed by atoms with Gasteiger partial charge in [-0.15, -0.1) is 11.6 Å². The van der Waals surface area contributed by atoms with Crippen molar-refractivity contribution in [2.45, 2.75) is 25.3 Å². The van der Waals surface area contributed by atoms with E-state index in [-0.39, 0.29) is 11.4 Å². The highest BCUT2D eigenvalue weighted by atomic mass is 35.5. The smallest absolute Gasteiger partial charge is 0.128 e. The number of halogens is 2. The summed E-state index contributed by atoms with van der Waals surface area (Å²) in [6, 6.07) is 5.83. The van der Waals surface area contributed by atoms with Crippen molar-refractivity contribution < 1.29 is 4.74 Å². The van der Waals surface area contributed by atoms with E-state index in [0.29, 0.717) is 11.6 Å². The Hall–Kier alpha value is -0.770. The molecule has 2 aromatic rings. The largest absolute Gasteiger partial charge is 0.383 e. The van der Waals surface area contributed by atoms with Gasteiger partial charge in [-0.1, -0.05) is 11.6 Å². The number of imidazole rings is 1. The summed E-state index contributed by atoms with van der Waals surface area (Å²) in [6.45, 7) is 4.60. The van der Waals surface area contributed by atoms with E-state index in [1.807, 2.05) is 25.1 Å². The van der Waals surface area contributed by atoms with Gasteiger partial charge in [0.05, 0.1) is 29.1 Å². The number of methoxy groups -OCH3 is 1. The van der Waals surface area contributed by atoms with Crippen LogP contribution >= 0.6 is 23.2 Å². The van der Waals surface area contributed by atoms with E-state index in [0.717, 1.165) is 16.9 Å². The molecule has 0 radical (unpaired) electrons. The summed E-state index contributed by atoms with van der Waals surface area (Å²) < 4.78 is 7.32. The summed E-state index contributed by atoms with van der Waals surface area (Å²) in [6.07, 6.45) is 0. The number of nitrogens with zero attached hydrogens (tertiary/aromatic N) is 2. The first kappa shape index (κ1) is 13.7. The first-order chi connectivity index (χ1) is 8.54. The fourth-order valence-corrected chi connectivity index (χ4v) is 2.46. The zero-order valence-electron chi connectivity index (χ0n) is 10.7. The molecule has 2 rings (SSSR count). The predicted octanol–water partition coefficient (Wildman–Crippen LogP) is 4.20. The fraction of sp³-hybridized carbons (Fsp3) is 0.462. The Morgan fingerprint density at radius 1 is 1.39 bits per heavy atom. The highest BCUT2D eigenvalue weighted by Gasteiger charge is 2.19. The van der Waals surface area contributed by atoms with Crippen molar-refractivity contribution in [1.82, 2.24) is 9.55 Å². The first-order valence-electron chi connectivity index (χ1n) is 5.85. The Balaban J connectivity index is 2.64.